The summed E-state index contributed by atoms with van der Waals surface area (Å²) in [6.45, 7) is 0. The normalized spacial score (nSPS) is 16.5. The first-order chi connectivity index (χ1) is 5.20. The van der Waals surface area contributed by atoms with Crippen LogP contribution in [0.3, 0.4) is 0 Å². The molecule has 0 spiro atoms. The summed E-state index contributed by atoms with van der Waals surface area (Å²) in [5.41, 5.74) is -0.506. The predicted molar refractivity (Wildman–Crippen MR) is 33.1 cm³/mol. The second-order valence-corrected chi connectivity index (χ2v) is 1.84. The average molecular weight is 150 g/mol. The molecule has 0 saturated carbocycles. The van der Waals surface area contributed by atoms with Gasteiger partial charge in [0.1, 0.15) is 0 Å². The first-order valence-electron chi connectivity index (χ1n) is 2.67. The Balaban J connectivity index is 3.09. The highest BCUT2D eigenvalue weighted by Crippen LogP contribution is 1.99. The Morgan fingerprint density at radius 2 is 1.45 bits per heavy atom. The molecule has 0 bridgehead atoms. The standard InChI is InChI=1S/C5H2N4O2/c6-2-4-1-5(3-7)9(11)8(4)10/h1H2. The van der Waals surface area contributed by atoms with E-state index in [0.717, 1.165) is 0 Å². The maximum Gasteiger partial charge on any atom is 0.352 e. The molecule has 11 heavy (non-hydrogen) atoms. The van der Waals surface area contributed by atoms with Gasteiger partial charge < -0.3 is 10.4 Å². The van der Waals surface area contributed by atoms with E-state index in [1.165, 1.54) is 12.1 Å². The van der Waals surface area contributed by atoms with Crippen molar-refractivity contribution >= 4 is 11.4 Å². The van der Waals surface area contributed by atoms with Crippen LogP contribution in [0.1, 0.15) is 6.42 Å². The summed E-state index contributed by atoms with van der Waals surface area (Å²) >= 11 is 0. The van der Waals surface area contributed by atoms with Crippen molar-refractivity contribution in [2.24, 2.45) is 0 Å². The molecule has 0 amide bonds. The smallest absolute Gasteiger partial charge is 0.352 e. The lowest BCUT2D eigenvalue weighted by atomic mass is 10.2. The highest BCUT2D eigenvalue weighted by atomic mass is 16.7. The summed E-state index contributed by atoms with van der Waals surface area (Å²) in [6.07, 6.45) is -0.167. The summed E-state index contributed by atoms with van der Waals surface area (Å²) < 4.78 is 0. The fourth-order valence-electron chi connectivity index (χ4n) is 0.678. The van der Waals surface area contributed by atoms with Crippen molar-refractivity contribution in [2.75, 3.05) is 0 Å². The molecular weight excluding hydrogens is 148 g/mol. The van der Waals surface area contributed by atoms with Crippen LogP contribution >= 0.6 is 0 Å². The Bertz CT molecular complexity index is 306. The molecule has 0 saturated heterocycles. The average Bonchev–Trinajstić information content (AvgIpc) is 2.30. The molecule has 0 fully saturated rings. The van der Waals surface area contributed by atoms with Crippen molar-refractivity contribution < 1.29 is 9.70 Å². The van der Waals surface area contributed by atoms with E-state index in [1.807, 2.05) is 0 Å². The Kier molecular flexibility index (Phi) is 1.45. The maximum atomic E-state index is 10.6. The Labute approximate surface area is 61.7 Å². The van der Waals surface area contributed by atoms with E-state index < -0.39 is 0 Å². The molecule has 6 nitrogen and oxygen atoms in total. The van der Waals surface area contributed by atoms with Crippen molar-refractivity contribution in [3.05, 3.63) is 10.4 Å². The number of hydrogen-bond acceptors (Lipinski definition) is 4. The summed E-state index contributed by atoms with van der Waals surface area (Å²) in [7, 11) is 0. The van der Waals surface area contributed by atoms with E-state index in [2.05, 4.69) is 0 Å². The molecule has 0 N–H and O–H groups in total. The SMILES string of the molecule is N#CC1=[N+]([O-])[N+]([O-])=C(C#N)C1. The molecule has 0 aliphatic carbocycles. The molecule has 0 atom stereocenters. The van der Waals surface area contributed by atoms with Gasteiger partial charge in [-0.1, -0.05) is 0 Å². The Morgan fingerprint density at radius 1 is 1.09 bits per heavy atom. The third kappa shape index (κ3) is 0.864. The van der Waals surface area contributed by atoms with Gasteiger partial charge >= 0.3 is 11.4 Å². The third-order valence-corrected chi connectivity index (χ3v) is 1.22. The van der Waals surface area contributed by atoms with Gasteiger partial charge in [0.2, 0.25) is 0 Å². The summed E-state index contributed by atoms with van der Waals surface area (Å²) in [5.74, 6) is 0. The maximum absolute atomic E-state index is 10.6. The zero-order valence-electron chi connectivity index (χ0n) is 5.31. The second kappa shape index (κ2) is 2.27. The second-order valence-electron chi connectivity index (χ2n) is 1.84. The Hall–Kier alpha value is -2.08. The van der Waals surface area contributed by atoms with Crippen LogP contribution in [-0.4, -0.2) is 21.1 Å². The van der Waals surface area contributed by atoms with Crippen LogP contribution in [0.5, 0.6) is 0 Å². The number of hydrazine groups is 1. The summed E-state index contributed by atoms with van der Waals surface area (Å²) in [4.78, 5) is -0.253. The van der Waals surface area contributed by atoms with Crippen molar-refractivity contribution in [3.63, 3.8) is 0 Å². The first kappa shape index (κ1) is 7.03. The largest absolute Gasteiger partial charge is 0.560 e. The molecule has 1 heterocycles. The van der Waals surface area contributed by atoms with Crippen LogP contribution < -0.4 is 0 Å². The van der Waals surface area contributed by atoms with Crippen molar-refractivity contribution in [1.82, 2.24) is 0 Å². The molecule has 0 aromatic carbocycles. The fraction of sp³-hybridized carbons (Fsp3) is 0.200. The molecule has 1 aliphatic rings. The molecule has 6 heteroatoms. The topological polar surface area (TPSA) is 99.7 Å². The minimum atomic E-state index is -0.253. The Morgan fingerprint density at radius 3 is 1.64 bits per heavy atom. The molecule has 0 unspecified atom stereocenters. The zero-order chi connectivity index (χ0) is 8.43. The minimum absolute atomic E-state index is 0.126. The molecular formula is C5H2N4O2. The van der Waals surface area contributed by atoms with Crippen LogP contribution in [0.25, 0.3) is 0 Å². The van der Waals surface area contributed by atoms with Crippen LogP contribution in [0.15, 0.2) is 0 Å². The predicted octanol–water partition coefficient (Wildman–Crippen LogP) is -0.745. The quantitative estimate of drug-likeness (QED) is 0.335. The van der Waals surface area contributed by atoms with Crippen LogP contribution in [0, 0.1) is 33.1 Å². The van der Waals surface area contributed by atoms with Gasteiger partial charge in [-0.3, -0.25) is 0 Å². The molecule has 0 aromatic rings. The lowest BCUT2D eigenvalue weighted by Crippen LogP contribution is -2.16. The van der Waals surface area contributed by atoms with Gasteiger partial charge in [0.05, 0.1) is 9.70 Å². The van der Waals surface area contributed by atoms with Gasteiger partial charge in [-0.2, -0.15) is 10.5 Å². The van der Waals surface area contributed by atoms with E-state index in [-0.39, 0.29) is 27.5 Å². The number of nitriles is 2. The number of hydrogen-bond donors (Lipinski definition) is 0. The lowest BCUT2D eigenvalue weighted by Gasteiger charge is -1.93. The molecule has 1 aliphatic heterocycles. The zero-order valence-corrected chi connectivity index (χ0v) is 5.31. The van der Waals surface area contributed by atoms with Crippen LogP contribution in [0.2, 0.25) is 0 Å². The minimum Gasteiger partial charge on any atom is -0.560 e. The number of rotatable bonds is 0. The van der Waals surface area contributed by atoms with Crippen molar-refractivity contribution in [3.8, 4) is 12.1 Å². The van der Waals surface area contributed by atoms with Gasteiger partial charge in [0.15, 0.2) is 18.6 Å². The van der Waals surface area contributed by atoms with E-state index in [1.54, 1.807) is 0 Å². The van der Waals surface area contributed by atoms with E-state index in [9.17, 15) is 10.4 Å². The highest BCUT2D eigenvalue weighted by Gasteiger charge is 2.33. The van der Waals surface area contributed by atoms with E-state index >= 15 is 0 Å². The van der Waals surface area contributed by atoms with Crippen molar-refractivity contribution in [1.29, 1.82) is 10.5 Å². The van der Waals surface area contributed by atoms with Crippen LogP contribution in [-0.2, 0) is 0 Å². The van der Waals surface area contributed by atoms with Gasteiger partial charge in [0.25, 0.3) is 0 Å². The molecule has 1 rings (SSSR count). The van der Waals surface area contributed by atoms with Crippen LogP contribution in [0.4, 0.5) is 0 Å². The van der Waals surface area contributed by atoms with Crippen molar-refractivity contribution in [2.45, 2.75) is 6.42 Å². The number of nitrogens with zero attached hydrogens (tertiary/aromatic N) is 4. The first-order valence-corrected chi connectivity index (χ1v) is 2.67. The van der Waals surface area contributed by atoms with Gasteiger partial charge in [0, 0.05) is 0 Å². The van der Waals surface area contributed by atoms with Gasteiger partial charge in [-0.25, -0.2) is 0 Å². The third-order valence-electron chi connectivity index (χ3n) is 1.22. The summed E-state index contributed by atoms with van der Waals surface area (Å²) in [6, 6.07) is 3.05. The monoisotopic (exact) mass is 150 g/mol. The fourth-order valence-corrected chi connectivity index (χ4v) is 0.678. The summed E-state index contributed by atoms with van der Waals surface area (Å²) in [5, 5.41) is 37.7. The number of hydrazone groups is 2. The molecule has 0 aromatic heterocycles. The lowest BCUT2D eigenvalue weighted by molar-refractivity contribution is -1.05. The van der Waals surface area contributed by atoms with Gasteiger partial charge in [-0.05, 0) is 0 Å². The molecule has 0 radical (unpaired) electrons. The van der Waals surface area contributed by atoms with E-state index in [4.69, 9.17) is 10.5 Å². The molecule has 54 valence electrons. The van der Waals surface area contributed by atoms with Gasteiger partial charge in [-0.15, -0.1) is 0 Å². The van der Waals surface area contributed by atoms with E-state index in [0.29, 0.717) is 0 Å². The highest BCUT2D eigenvalue weighted by molar-refractivity contribution is 6.13.